The van der Waals surface area contributed by atoms with Gasteiger partial charge >= 0.3 is 35.6 Å². The fraction of sp³-hybridized carbons (Fsp3) is 0.900. The third kappa shape index (κ3) is 16.2. The Morgan fingerprint density at radius 3 is 2.11 bits per heavy atom. The quantitative estimate of drug-likeness (QED) is 0.286. The van der Waals surface area contributed by atoms with E-state index in [2.05, 4.69) is 17.6 Å². The number of nitrogens with one attached hydrogen (secondary N) is 2. The maximum Gasteiger partial charge on any atom is 1.00 e. The molecule has 0 saturated carbocycles. The Balaban J connectivity index is 0. The van der Waals surface area contributed by atoms with Gasteiger partial charge in [-0.25, -0.2) is 13.2 Å². The van der Waals surface area contributed by atoms with E-state index in [1.165, 1.54) is 0 Å². The van der Waals surface area contributed by atoms with Crippen molar-refractivity contribution in [2.45, 2.75) is 39.0 Å². The second-order valence-corrected chi connectivity index (χ2v) is 5.38. The summed E-state index contributed by atoms with van der Waals surface area (Å²) in [6.07, 6.45) is 4.48. The summed E-state index contributed by atoms with van der Waals surface area (Å²) in [5, 5.41) is 5.15. The van der Waals surface area contributed by atoms with Crippen molar-refractivity contribution in [1.29, 1.82) is 0 Å². The van der Waals surface area contributed by atoms with Gasteiger partial charge in [0.2, 0.25) is 0 Å². The van der Waals surface area contributed by atoms with E-state index in [0.717, 1.165) is 25.7 Å². The Morgan fingerprint density at radius 2 is 1.61 bits per heavy atom. The molecule has 0 saturated heterocycles. The van der Waals surface area contributed by atoms with E-state index in [1.807, 2.05) is 0 Å². The molecule has 0 unspecified atom stereocenters. The van der Waals surface area contributed by atoms with Crippen molar-refractivity contribution in [1.82, 2.24) is 10.6 Å². The first kappa shape index (κ1) is 20.5. The number of urea groups is 1. The molecule has 0 aromatic carbocycles. The van der Waals surface area contributed by atoms with Crippen molar-refractivity contribution in [2.75, 3.05) is 18.8 Å². The van der Waals surface area contributed by atoms with Gasteiger partial charge in [-0.2, -0.15) is 0 Å². The van der Waals surface area contributed by atoms with E-state index in [4.69, 9.17) is 0 Å². The van der Waals surface area contributed by atoms with E-state index >= 15 is 0 Å². The van der Waals surface area contributed by atoms with Gasteiger partial charge in [0.1, 0.15) is 0 Å². The van der Waals surface area contributed by atoms with Crippen molar-refractivity contribution in [3.05, 3.63) is 0 Å². The van der Waals surface area contributed by atoms with Crippen LogP contribution in [0.4, 0.5) is 4.79 Å². The van der Waals surface area contributed by atoms with Gasteiger partial charge in [-0.3, -0.25) is 0 Å². The van der Waals surface area contributed by atoms with Crippen LogP contribution in [0.2, 0.25) is 0 Å². The predicted octanol–water partition coefficient (Wildman–Crippen LogP) is -2.19. The molecule has 0 heterocycles. The zero-order valence-electron chi connectivity index (χ0n) is 11.2. The van der Waals surface area contributed by atoms with Crippen molar-refractivity contribution >= 4 is 16.1 Å². The number of carbonyl (C=O) groups excluding carboxylic acids is 1. The smallest absolute Gasteiger partial charge is 0.748 e. The molecule has 0 aromatic heterocycles. The first-order valence-electron chi connectivity index (χ1n) is 5.91. The molecule has 6 nitrogen and oxygen atoms in total. The van der Waals surface area contributed by atoms with Crippen LogP contribution in [0.5, 0.6) is 0 Å². The van der Waals surface area contributed by atoms with E-state index < -0.39 is 15.9 Å². The van der Waals surface area contributed by atoms with Crippen LogP contribution >= 0.6 is 0 Å². The maximum atomic E-state index is 11.2. The predicted molar refractivity (Wildman–Crippen MR) is 64.7 cm³/mol. The van der Waals surface area contributed by atoms with Crippen LogP contribution in [-0.2, 0) is 10.1 Å². The zero-order chi connectivity index (χ0) is 13.1. The average molecular weight is 288 g/mol. The number of carbonyl (C=O) groups is 1. The van der Waals surface area contributed by atoms with Gasteiger partial charge in [-0.05, 0) is 12.8 Å². The third-order valence-corrected chi connectivity index (χ3v) is 2.96. The monoisotopic (exact) mass is 288 g/mol. The summed E-state index contributed by atoms with van der Waals surface area (Å²) in [5.41, 5.74) is 0. The fourth-order valence-corrected chi connectivity index (χ4v) is 1.76. The SMILES string of the molecule is CCCCCCNC(=O)NCCCS(=O)(=O)[O-].[Na+]. The standard InChI is InChI=1S/C10H22N2O4S.Na/c1-2-3-4-5-7-11-10(13)12-8-6-9-17(14,15)16;/h2-9H2,1H3,(H2,11,12,13)(H,14,15,16);/q;+1/p-1. The first-order valence-corrected chi connectivity index (χ1v) is 7.48. The largest absolute Gasteiger partial charge is 1.00 e. The molecule has 18 heavy (non-hydrogen) atoms. The molecule has 0 radical (unpaired) electrons. The molecule has 0 fully saturated rings. The summed E-state index contributed by atoms with van der Waals surface area (Å²) in [5.74, 6) is -0.441. The summed E-state index contributed by atoms with van der Waals surface area (Å²) in [6, 6.07) is -0.315. The summed E-state index contributed by atoms with van der Waals surface area (Å²) in [6.45, 7) is 2.93. The normalized spacial score (nSPS) is 10.6. The van der Waals surface area contributed by atoms with Crippen LogP contribution < -0.4 is 40.2 Å². The number of unbranched alkanes of at least 4 members (excludes halogenated alkanes) is 3. The van der Waals surface area contributed by atoms with Gasteiger partial charge < -0.3 is 15.2 Å². The van der Waals surface area contributed by atoms with Crippen molar-refractivity contribution < 1.29 is 47.3 Å². The number of rotatable bonds is 9. The number of hydrogen-bond donors (Lipinski definition) is 2. The zero-order valence-corrected chi connectivity index (χ0v) is 14.0. The Labute approximate surface area is 131 Å². The summed E-state index contributed by atoms with van der Waals surface area (Å²) in [4.78, 5) is 11.2. The van der Waals surface area contributed by atoms with E-state index in [0.29, 0.717) is 6.54 Å². The van der Waals surface area contributed by atoms with Crippen LogP contribution in [0, 0.1) is 0 Å². The summed E-state index contributed by atoms with van der Waals surface area (Å²) < 4.78 is 30.8. The van der Waals surface area contributed by atoms with Crippen molar-refractivity contribution in [3.63, 3.8) is 0 Å². The van der Waals surface area contributed by atoms with E-state index in [9.17, 15) is 17.8 Å². The summed E-state index contributed by atoms with van der Waals surface area (Å²) >= 11 is 0. The number of amides is 2. The molecule has 2 N–H and O–H groups in total. The molecule has 0 aliphatic heterocycles. The minimum Gasteiger partial charge on any atom is -0.748 e. The third-order valence-electron chi connectivity index (χ3n) is 2.17. The van der Waals surface area contributed by atoms with Gasteiger partial charge in [0.05, 0.1) is 10.1 Å². The molecule has 8 heteroatoms. The van der Waals surface area contributed by atoms with Gasteiger partial charge in [0.25, 0.3) is 0 Å². The minimum atomic E-state index is -4.17. The average Bonchev–Trinajstić information content (AvgIpc) is 2.23. The molecule has 2 amide bonds. The Kier molecular flexibility index (Phi) is 13.9. The minimum absolute atomic E-state index is 0. The van der Waals surface area contributed by atoms with Gasteiger partial charge in [0.15, 0.2) is 0 Å². The second-order valence-electron chi connectivity index (χ2n) is 3.86. The molecule has 0 aliphatic rings. The Morgan fingerprint density at radius 1 is 1.06 bits per heavy atom. The topological polar surface area (TPSA) is 98.3 Å². The van der Waals surface area contributed by atoms with Gasteiger partial charge in [-0.1, -0.05) is 26.2 Å². The Hall–Kier alpha value is 0.180. The Bertz CT molecular complexity index is 309. The molecular formula is C10H21N2NaO4S. The number of hydrogen-bond acceptors (Lipinski definition) is 4. The van der Waals surface area contributed by atoms with Crippen LogP contribution in [0.25, 0.3) is 0 Å². The van der Waals surface area contributed by atoms with Crippen LogP contribution in [0.3, 0.4) is 0 Å². The van der Waals surface area contributed by atoms with Gasteiger partial charge in [0, 0.05) is 18.8 Å². The van der Waals surface area contributed by atoms with Gasteiger partial charge in [-0.15, -0.1) is 0 Å². The van der Waals surface area contributed by atoms with E-state index in [-0.39, 0.29) is 48.6 Å². The fourth-order valence-electron chi connectivity index (χ4n) is 1.27. The molecule has 0 aromatic rings. The molecule has 0 aliphatic carbocycles. The molecule has 0 spiro atoms. The molecular weight excluding hydrogens is 267 g/mol. The first-order chi connectivity index (χ1) is 7.95. The summed E-state index contributed by atoms with van der Waals surface area (Å²) in [7, 11) is -4.17. The van der Waals surface area contributed by atoms with Crippen LogP contribution in [0.1, 0.15) is 39.0 Å². The second kappa shape index (κ2) is 12.2. The molecule has 0 bridgehead atoms. The van der Waals surface area contributed by atoms with Crippen LogP contribution in [-0.4, -0.2) is 37.8 Å². The van der Waals surface area contributed by atoms with Crippen molar-refractivity contribution in [3.8, 4) is 0 Å². The maximum absolute atomic E-state index is 11.2. The molecule has 0 atom stereocenters. The van der Waals surface area contributed by atoms with Crippen LogP contribution in [0.15, 0.2) is 0 Å². The molecule has 0 rings (SSSR count). The van der Waals surface area contributed by atoms with Crippen molar-refractivity contribution in [2.24, 2.45) is 0 Å². The molecule has 102 valence electrons. The van der Waals surface area contributed by atoms with E-state index in [1.54, 1.807) is 0 Å².